The van der Waals surface area contributed by atoms with Gasteiger partial charge >= 0.3 is 0 Å². The van der Waals surface area contributed by atoms with Gasteiger partial charge in [-0.15, -0.1) is 13.2 Å². The molecule has 0 unspecified atom stereocenters. The van der Waals surface area contributed by atoms with Crippen LogP contribution in [0.25, 0.3) is 0 Å². The Labute approximate surface area is 71.0 Å². The number of hydrogen-bond donors (Lipinski definition) is 0. The Bertz CT molecular complexity index is 171. The summed E-state index contributed by atoms with van der Waals surface area (Å²) in [5.41, 5.74) is 4.43. The Hall–Kier alpha value is -0.303. The summed E-state index contributed by atoms with van der Waals surface area (Å²) in [4.78, 5) is 0. The molecule has 1 rings (SSSR count). The zero-order valence-corrected chi connectivity index (χ0v) is 8.69. The predicted molar refractivity (Wildman–Crippen MR) is 54.2 cm³/mol. The molecular formula is C10H18Si. The maximum absolute atomic E-state index is 3.97. The molecule has 1 heterocycles. The van der Waals surface area contributed by atoms with Gasteiger partial charge in [-0.05, 0) is 11.1 Å². The van der Waals surface area contributed by atoms with Gasteiger partial charge in [0.05, 0.1) is 0 Å². The van der Waals surface area contributed by atoms with Crippen LogP contribution >= 0.6 is 0 Å². The summed E-state index contributed by atoms with van der Waals surface area (Å²) >= 11 is 0. The first kappa shape index (κ1) is 8.79. The minimum atomic E-state index is -1.28. The van der Waals surface area contributed by atoms with E-state index in [1.165, 1.54) is 18.9 Å². The summed E-state index contributed by atoms with van der Waals surface area (Å²) in [5.74, 6) is 0. The van der Waals surface area contributed by atoms with Crippen molar-refractivity contribution in [1.82, 2.24) is 0 Å². The maximum Gasteiger partial charge on any atom is 0.106 e. The first-order valence-corrected chi connectivity index (χ1v) is 6.71. The van der Waals surface area contributed by atoms with E-state index in [4.69, 9.17) is 0 Å². The molecule has 0 aliphatic carbocycles. The Balaban J connectivity index is 2.99. The monoisotopic (exact) mass is 166 g/mol. The summed E-state index contributed by atoms with van der Waals surface area (Å²) in [6, 6.07) is 1.37. The lowest BCUT2D eigenvalue weighted by Crippen LogP contribution is -2.36. The van der Waals surface area contributed by atoms with E-state index in [1.807, 2.05) is 0 Å². The topological polar surface area (TPSA) is 0 Å². The van der Waals surface area contributed by atoms with Crippen LogP contribution in [0.1, 0.15) is 26.7 Å². The van der Waals surface area contributed by atoms with Crippen LogP contribution in [0, 0.1) is 0 Å². The summed E-state index contributed by atoms with van der Waals surface area (Å²) in [7, 11) is -1.28. The SMILES string of the molecule is C=C[Si]1(C=C)CCCC1(C)C. The predicted octanol–water partition coefficient (Wildman–Crippen LogP) is 3.46. The second-order valence-electron chi connectivity index (χ2n) is 4.19. The maximum atomic E-state index is 3.97. The highest BCUT2D eigenvalue weighted by Crippen LogP contribution is 2.51. The normalized spacial score (nSPS) is 26.4. The van der Waals surface area contributed by atoms with Crippen LogP contribution in [0.3, 0.4) is 0 Å². The first-order chi connectivity index (χ1) is 5.08. The molecule has 0 spiro atoms. The largest absolute Gasteiger partial charge is 0.107 e. The third-order valence-electron chi connectivity index (χ3n) is 3.38. The van der Waals surface area contributed by atoms with Gasteiger partial charge in [-0.3, -0.25) is 0 Å². The summed E-state index contributed by atoms with van der Waals surface area (Å²) in [5, 5.41) is 0.510. The first-order valence-electron chi connectivity index (χ1n) is 4.35. The molecule has 11 heavy (non-hydrogen) atoms. The van der Waals surface area contributed by atoms with Gasteiger partial charge in [0, 0.05) is 0 Å². The quantitative estimate of drug-likeness (QED) is 0.551. The van der Waals surface area contributed by atoms with Crippen molar-refractivity contribution in [3.63, 3.8) is 0 Å². The summed E-state index contributed by atoms with van der Waals surface area (Å²) in [6.07, 6.45) is 2.73. The van der Waals surface area contributed by atoms with Gasteiger partial charge in [0.2, 0.25) is 0 Å². The van der Waals surface area contributed by atoms with Gasteiger partial charge in [0.1, 0.15) is 8.07 Å². The fourth-order valence-corrected chi connectivity index (χ4v) is 5.99. The number of rotatable bonds is 2. The molecule has 1 aliphatic heterocycles. The van der Waals surface area contributed by atoms with Crippen molar-refractivity contribution in [3.8, 4) is 0 Å². The van der Waals surface area contributed by atoms with Gasteiger partial charge in [-0.2, -0.15) is 0 Å². The molecule has 1 fully saturated rings. The lowest BCUT2D eigenvalue weighted by atomic mass is 10.1. The molecule has 0 amide bonds. The van der Waals surface area contributed by atoms with Crippen molar-refractivity contribution >= 4 is 8.07 Å². The van der Waals surface area contributed by atoms with Crippen molar-refractivity contribution in [2.45, 2.75) is 37.8 Å². The van der Waals surface area contributed by atoms with Gasteiger partial charge in [0.25, 0.3) is 0 Å². The van der Waals surface area contributed by atoms with Crippen molar-refractivity contribution in [2.75, 3.05) is 0 Å². The molecule has 62 valence electrons. The molecule has 0 bridgehead atoms. The number of hydrogen-bond acceptors (Lipinski definition) is 0. The van der Waals surface area contributed by atoms with Crippen LogP contribution in [-0.2, 0) is 0 Å². The van der Waals surface area contributed by atoms with Gasteiger partial charge < -0.3 is 0 Å². The lowest BCUT2D eigenvalue weighted by molar-refractivity contribution is 0.629. The average molecular weight is 166 g/mol. The molecule has 0 nitrogen and oxygen atoms in total. The third kappa shape index (κ3) is 1.12. The van der Waals surface area contributed by atoms with E-state index < -0.39 is 8.07 Å². The van der Waals surface area contributed by atoms with Crippen LogP contribution in [-0.4, -0.2) is 8.07 Å². The molecule has 0 radical (unpaired) electrons. The molecule has 0 atom stereocenters. The zero-order valence-electron chi connectivity index (χ0n) is 7.69. The second kappa shape index (κ2) is 2.63. The van der Waals surface area contributed by atoms with Crippen molar-refractivity contribution in [3.05, 3.63) is 24.6 Å². The molecule has 0 N–H and O–H groups in total. The molecule has 0 aromatic carbocycles. The molecule has 1 aliphatic rings. The summed E-state index contributed by atoms with van der Waals surface area (Å²) < 4.78 is 0. The Morgan fingerprint density at radius 2 is 1.82 bits per heavy atom. The Morgan fingerprint density at radius 1 is 1.27 bits per heavy atom. The zero-order chi connectivity index (χ0) is 8.54. The Morgan fingerprint density at radius 3 is 2.00 bits per heavy atom. The minimum absolute atomic E-state index is 0.510. The van der Waals surface area contributed by atoms with E-state index in [0.29, 0.717) is 5.04 Å². The van der Waals surface area contributed by atoms with E-state index in [0.717, 1.165) is 0 Å². The molecule has 1 heteroatoms. The molecule has 0 saturated carbocycles. The van der Waals surface area contributed by atoms with Crippen LogP contribution in [0.15, 0.2) is 24.6 Å². The van der Waals surface area contributed by atoms with Crippen molar-refractivity contribution in [2.24, 2.45) is 0 Å². The standard InChI is InChI=1S/C10H18Si/c1-5-11(6-2)9-7-8-10(11,3)4/h5-6H,1-2,7-9H2,3-4H3. The van der Waals surface area contributed by atoms with Gasteiger partial charge in [-0.25, -0.2) is 0 Å². The van der Waals surface area contributed by atoms with E-state index in [-0.39, 0.29) is 0 Å². The molecule has 0 aromatic rings. The summed E-state index contributed by atoms with van der Waals surface area (Å²) in [6.45, 7) is 12.7. The van der Waals surface area contributed by atoms with Gasteiger partial charge in [-0.1, -0.05) is 38.1 Å². The molecular weight excluding hydrogens is 148 g/mol. The molecule has 0 aromatic heterocycles. The highest BCUT2D eigenvalue weighted by Gasteiger charge is 2.46. The van der Waals surface area contributed by atoms with Crippen LogP contribution < -0.4 is 0 Å². The third-order valence-corrected chi connectivity index (χ3v) is 8.79. The van der Waals surface area contributed by atoms with Crippen molar-refractivity contribution in [1.29, 1.82) is 0 Å². The van der Waals surface area contributed by atoms with E-state index >= 15 is 0 Å². The van der Waals surface area contributed by atoms with Crippen molar-refractivity contribution < 1.29 is 0 Å². The van der Waals surface area contributed by atoms with E-state index in [1.54, 1.807) is 0 Å². The van der Waals surface area contributed by atoms with Crippen LogP contribution in [0.5, 0.6) is 0 Å². The second-order valence-corrected chi connectivity index (χ2v) is 8.94. The highest BCUT2D eigenvalue weighted by molar-refractivity contribution is 6.91. The van der Waals surface area contributed by atoms with E-state index in [2.05, 4.69) is 38.4 Å². The highest BCUT2D eigenvalue weighted by atomic mass is 28.3. The van der Waals surface area contributed by atoms with Crippen LogP contribution in [0.4, 0.5) is 0 Å². The lowest BCUT2D eigenvalue weighted by Gasteiger charge is -2.34. The molecule has 1 saturated heterocycles. The van der Waals surface area contributed by atoms with Crippen LogP contribution in [0.2, 0.25) is 11.1 Å². The fraction of sp³-hybridized carbons (Fsp3) is 0.600. The fourth-order valence-electron chi connectivity index (χ4n) is 2.23. The van der Waals surface area contributed by atoms with E-state index in [9.17, 15) is 0 Å². The Kier molecular flexibility index (Phi) is 2.10. The van der Waals surface area contributed by atoms with Gasteiger partial charge in [0.15, 0.2) is 0 Å². The smallest absolute Gasteiger partial charge is 0.106 e. The average Bonchev–Trinajstić information content (AvgIpc) is 2.26. The minimum Gasteiger partial charge on any atom is -0.107 e.